The molecule has 0 fully saturated rings. The number of hydrogen-bond acceptors (Lipinski definition) is 6. The molecule has 1 heterocycles. The number of carbonyl (C=O) groups is 1. The maximum absolute atomic E-state index is 12.1. The highest BCUT2D eigenvalue weighted by molar-refractivity contribution is 7.12. The van der Waals surface area contributed by atoms with Gasteiger partial charge in [0.15, 0.2) is 11.5 Å². The van der Waals surface area contributed by atoms with Crippen molar-refractivity contribution in [1.29, 1.82) is 0 Å². The Morgan fingerprint density at radius 1 is 1.12 bits per heavy atom. The van der Waals surface area contributed by atoms with Crippen molar-refractivity contribution in [3.05, 3.63) is 76.0 Å². The number of thiophene rings is 1. The van der Waals surface area contributed by atoms with Gasteiger partial charge in [-0.05, 0) is 59.8 Å². The largest absolute Gasteiger partial charge is 0.493 e. The molecule has 2 aromatic carbocycles. The summed E-state index contributed by atoms with van der Waals surface area (Å²) < 4.78 is 10.7. The van der Waals surface area contributed by atoms with Crippen molar-refractivity contribution in [2.24, 2.45) is 5.10 Å². The van der Waals surface area contributed by atoms with Crippen LogP contribution in [0.25, 0.3) is 0 Å². The minimum Gasteiger partial charge on any atom is -0.493 e. The molecule has 0 bridgehead atoms. The molecule has 1 N–H and O–H groups in total. The molecule has 0 aliphatic carbocycles. The van der Waals surface area contributed by atoms with Gasteiger partial charge in [-0.2, -0.15) is 5.10 Å². The maximum Gasteiger partial charge on any atom is 0.353 e. The van der Waals surface area contributed by atoms with Crippen molar-refractivity contribution in [1.82, 2.24) is 0 Å². The van der Waals surface area contributed by atoms with Crippen molar-refractivity contribution >= 4 is 29.2 Å². The second-order valence-corrected chi connectivity index (χ2v) is 6.46. The van der Waals surface area contributed by atoms with Gasteiger partial charge in [0.2, 0.25) is 0 Å². The second kappa shape index (κ2) is 8.31. The first-order valence-electron chi connectivity index (χ1n) is 7.95. The fraction of sp³-hybridized carbons (Fsp3) is 0.100. The van der Waals surface area contributed by atoms with Gasteiger partial charge in [-0.25, -0.2) is 4.79 Å². The molecule has 26 heavy (non-hydrogen) atoms. The number of nitrogens with one attached hydrogen (secondary N) is 1. The Morgan fingerprint density at radius 3 is 2.73 bits per heavy atom. The third-order valence-corrected chi connectivity index (χ3v) is 4.39. The Bertz CT molecular complexity index is 921. The van der Waals surface area contributed by atoms with E-state index in [1.807, 2.05) is 36.6 Å². The van der Waals surface area contributed by atoms with E-state index in [1.165, 1.54) is 18.4 Å². The highest BCUT2D eigenvalue weighted by atomic mass is 32.1. The summed E-state index contributed by atoms with van der Waals surface area (Å²) in [6.45, 7) is 2.02. The van der Waals surface area contributed by atoms with Gasteiger partial charge < -0.3 is 9.47 Å². The zero-order chi connectivity index (χ0) is 18.4. The first kappa shape index (κ1) is 17.7. The molecule has 1 aromatic heterocycles. The van der Waals surface area contributed by atoms with Gasteiger partial charge >= 0.3 is 5.97 Å². The lowest BCUT2D eigenvalue weighted by Gasteiger charge is -2.09. The van der Waals surface area contributed by atoms with Crippen LogP contribution in [-0.2, 0) is 0 Å². The Kier molecular flexibility index (Phi) is 5.66. The van der Waals surface area contributed by atoms with Gasteiger partial charge in [0.25, 0.3) is 0 Å². The molecule has 6 heteroatoms. The Balaban J connectivity index is 1.70. The lowest BCUT2D eigenvalue weighted by Crippen LogP contribution is -2.07. The Labute approximate surface area is 155 Å². The van der Waals surface area contributed by atoms with Crippen LogP contribution >= 0.6 is 11.3 Å². The Morgan fingerprint density at radius 2 is 2.00 bits per heavy atom. The van der Waals surface area contributed by atoms with Crippen molar-refractivity contribution in [2.75, 3.05) is 12.5 Å². The van der Waals surface area contributed by atoms with Gasteiger partial charge in [0, 0.05) is 0 Å². The van der Waals surface area contributed by atoms with E-state index in [-0.39, 0.29) is 0 Å². The predicted molar refractivity (Wildman–Crippen MR) is 105 cm³/mol. The van der Waals surface area contributed by atoms with Crippen LogP contribution in [0.2, 0.25) is 0 Å². The number of nitrogens with zero attached hydrogens (tertiary/aromatic N) is 1. The molecular weight excluding hydrogens is 348 g/mol. The van der Waals surface area contributed by atoms with Gasteiger partial charge in [-0.15, -0.1) is 11.3 Å². The minimum absolute atomic E-state index is 0.370. The zero-order valence-corrected chi connectivity index (χ0v) is 15.2. The molecule has 0 atom stereocenters. The second-order valence-electron chi connectivity index (χ2n) is 5.52. The number of rotatable bonds is 6. The topological polar surface area (TPSA) is 59.9 Å². The fourth-order valence-electron chi connectivity index (χ4n) is 2.29. The number of ether oxygens (including phenoxy) is 2. The molecule has 3 rings (SSSR count). The van der Waals surface area contributed by atoms with E-state index >= 15 is 0 Å². The lowest BCUT2D eigenvalue weighted by atomic mass is 10.2. The molecular formula is C20H18N2O3S. The SMILES string of the molecule is COc1cc(/C=N/Nc2cccc(C)c2)ccc1OC(=O)c1cccs1. The number of carbonyl (C=O) groups excluding carboxylic acids is 1. The summed E-state index contributed by atoms with van der Waals surface area (Å²) in [6, 6.07) is 16.7. The van der Waals surface area contributed by atoms with Crippen LogP contribution < -0.4 is 14.9 Å². The molecule has 5 nitrogen and oxygen atoms in total. The van der Waals surface area contributed by atoms with Crippen LogP contribution in [-0.4, -0.2) is 19.3 Å². The van der Waals surface area contributed by atoms with E-state index in [9.17, 15) is 4.79 Å². The fourth-order valence-corrected chi connectivity index (χ4v) is 2.89. The van der Waals surface area contributed by atoms with Crippen LogP contribution in [0.3, 0.4) is 0 Å². The van der Waals surface area contributed by atoms with Crippen LogP contribution in [0, 0.1) is 6.92 Å². The summed E-state index contributed by atoms with van der Waals surface area (Å²) in [7, 11) is 1.53. The summed E-state index contributed by atoms with van der Waals surface area (Å²) >= 11 is 1.33. The first-order chi connectivity index (χ1) is 12.7. The van der Waals surface area contributed by atoms with E-state index in [1.54, 1.807) is 36.5 Å². The number of hydrazone groups is 1. The van der Waals surface area contributed by atoms with E-state index in [4.69, 9.17) is 9.47 Å². The molecule has 0 radical (unpaired) electrons. The van der Waals surface area contributed by atoms with E-state index in [2.05, 4.69) is 10.5 Å². The van der Waals surface area contributed by atoms with Crippen molar-refractivity contribution in [3.8, 4) is 11.5 Å². The molecule has 0 unspecified atom stereocenters. The summed E-state index contributed by atoms with van der Waals surface area (Å²) in [5, 5.41) is 6.05. The van der Waals surface area contributed by atoms with Crippen molar-refractivity contribution < 1.29 is 14.3 Å². The van der Waals surface area contributed by atoms with Gasteiger partial charge in [-0.1, -0.05) is 18.2 Å². The zero-order valence-electron chi connectivity index (χ0n) is 14.4. The van der Waals surface area contributed by atoms with Gasteiger partial charge in [0.05, 0.1) is 19.0 Å². The molecule has 0 spiro atoms. The van der Waals surface area contributed by atoms with Crippen molar-refractivity contribution in [3.63, 3.8) is 0 Å². The summed E-state index contributed by atoms with van der Waals surface area (Å²) in [5.74, 6) is 0.435. The van der Waals surface area contributed by atoms with E-state index in [0.717, 1.165) is 16.8 Å². The lowest BCUT2D eigenvalue weighted by molar-refractivity contribution is 0.0735. The number of anilines is 1. The van der Waals surface area contributed by atoms with Crippen LogP contribution in [0.4, 0.5) is 5.69 Å². The maximum atomic E-state index is 12.1. The number of benzene rings is 2. The van der Waals surface area contributed by atoms with E-state index < -0.39 is 5.97 Å². The summed E-state index contributed by atoms with van der Waals surface area (Å²) in [4.78, 5) is 12.6. The van der Waals surface area contributed by atoms with Crippen LogP contribution in [0.5, 0.6) is 11.5 Å². The average Bonchev–Trinajstić information content (AvgIpc) is 3.18. The molecule has 0 saturated carbocycles. The Hall–Kier alpha value is -3.12. The summed E-state index contributed by atoms with van der Waals surface area (Å²) in [6.07, 6.45) is 1.68. The number of methoxy groups -OCH3 is 1. The number of esters is 1. The highest BCUT2D eigenvalue weighted by Crippen LogP contribution is 2.28. The predicted octanol–water partition coefficient (Wildman–Crippen LogP) is 4.73. The molecule has 3 aromatic rings. The van der Waals surface area contributed by atoms with Crippen molar-refractivity contribution in [2.45, 2.75) is 6.92 Å². The van der Waals surface area contributed by atoms with Gasteiger partial charge in [-0.3, -0.25) is 5.43 Å². The standard InChI is InChI=1S/C20H18N2O3S/c1-14-5-3-6-16(11-14)22-21-13-15-8-9-17(18(12-15)24-2)25-20(23)19-7-4-10-26-19/h3-13,22H,1-2H3/b21-13+. The smallest absolute Gasteiger partial charge is 0.353 e. The third-order valence-electron chi connectivity index (χ3n) is 3.54. The normalized spacial score (nSPS) is 10.7. The number of aryl methyl sites for hydroxylation is 1. The molecule has 0 saturated heterocycles. The first-order valence-corrected chi connectivity index (χ1v) is 8.83. The van der Waals surface area contributed by atoms with Gasteiger partial charge in [0.1, 0.15) is 4.88 Å². The minimum atomic E-state index is -0.402. The average molecular weight is 366 g/mol. The van der Waals surface area contributed by atoms with Crippen LogP contribution in [0.15, 0.2) is 65.1 Å². The number of hydrogen-bond donors (Lipinski definition) is 1. The molecule has 0 amide bonds. The van der Waals surface area contributed by atoms with Crippen LogP contribution in [0.1, 0.15) is 20.8 Å². The summed E-state index contributed by atoms with van der Waals surface area (Å²) in [5.41, 5.74) is 5.87. The molecule has 132 valence electrons. The molecule has 0 aliphatic heterocycles. The monoisotopic (exact) mass is 366 g/mol. The highest BCUT2D eigenvalue weighted by Gasteiger charge is 2.13. The quantitative estimate of drug-likeness (QED) is 0.296. The third kappa shape index (κ3) is 4.49. The van der Waals surface area contributed by atoms with E-state index in [0.29, 0.717) is 16.4 Å². The molecule has 0 aliphatic rings.